The first-order valence-corrected chi connectivity index (χ1v) is 6.59. The molecule has 0 saturated carbocycles. The second kappa shape index (κ2) is 8.26. The second-order valence-corrected chi connectivity index (χ2v) is 4.75. The van der Waals surface area contributed by atoms with Crippen molar-refractivity contribution >= 4 is 0 Å². The highest BCUT2D eigenvalue weighted by Gasteiger charge is 2.08. The molecule has 0 bridgehead atoms. The average Bonchev–Trinajstić information content (AvgIpc) is 2.34. The molecule has 17 heavy (non-hydrogen) atoms. The predicted octanol–water partition coefficient (Wildman–Crippen LogP) is 3.23. The summed E-state index contributed by atoms with van der Waals surface area (Å²) >= 11 is 0. The van der Waals surface area contributed by atoms with Crippen LogP contribution in [0.3, 0.4) is 0 Å². The van der Waals surface area contributed by atoms with E-state index in [1.807, 2.05) is 18.2 Å². The lowest BCUT2D eigenvalue weighted by Crippen LogP contribution is -2.35. The zero-order valence-corrected chi connectivity index (χ0v) is 11.3. The number of nitrogens with one attached hydrogen (secondary N) is 1. The summed E-state index contributed by atoms with van der Waals surface area (Å²) in [6, 6.07) is 10.9. The van der Waals surface area contributed by atoms with Gasteiger partial charge in [-0.05, 0) is 17.9 Å². The highest BCUT2D eigenvalue weighted by Crippen LogP contribution is 2.04. The summed E-state index contributed by atoms with van der Waals surface area (Å²) in [5, 5.41) is 3.53. The molecular weight excluding hydrogens is 210 g/mol. The Hall–Kier alpha value is -0.860. The summed E-state index contributed by atoms with van der Waals surface area (Å²) in [7, 11) is 0. The molecule has 1 aromatic rings. The smallest absolute Gasteiger partial charge is 0.0717 e. The molecule has 0 aliphatic carbocycles. The van der Waals surface area contributed by atoms with Crippen LogP contribution in [0, 0.1) is 5.92 Å². The Balaban J connectivity index is 2.08. The van der Waals surface area contributed by atoms with Crippen molar-refractivity contribution in [2.45, 2.75) is 39.8 Å². The molecule has 0 radical (unpaired) electrons. The molecule has 0 saturated heterocycles. The van der Waals surface area contributed by atoms with E-state index in [-0.39, 0.29) is 0 Å². The molecule has 0 aromatic heterocycles. The lowest BCUT2D eigenvalue weighted by atomic mass is 10.0. The molecule has 2 heteroatoms. The minimum Gasteiger partial charge on any atom is -0.375 e. The Labute approximate surface area is 105 Å². The van der Waals surface area contributed by atoms with E-state index in [9.17, 15) is 0 Å². The van der Waals surface area contributed by atoms with Gasteiger partial charge >= 0.3 is 0 Å². The van der Waals surface area contributed by atoms with Crippen LogP contribution in [0.4, 0.5) is 0 Å². The van der Waals surface area contributed by atoms with Crippen molar-refractivity contribution in [2.24, 2.45) is 5.92 Å². The van der Waals surface area contributed by atoms with Gasteiger partial charge in [0.15, 0.2) is 0 Å². The molecule has 0 aliphatic rings. The third-order valence-electron chi connectivity index (χ3n) is 3.01. The molecule has 1 rings (SSSR count). The van der Waals surface area contributed by atoms with Gasteiger partial charge in [0.25, 0.3) is 0 Å². The van der Waals surface area contributed by atoms with Gasteiger partial charge in [-0.2, -0.15) is 0 Å². The van der Waals surface area contributed by atoms with Crippen molar-refractivity contribution in [3.8, 4) is 0 Å². The summed E-state index contributed by atoms with van der Waals surface area (Å²) in [5.74, 6) is 0.689. The van der Waals surface area contributed by atoms with Gasteiger partial charge in [-0.25, -0.2) is 0 Å². The topological polar surface area (TPSA) is 21.3 Å². The maximum atomic E-state index is 5.63. The van der Waals surface area contributed by atoms with E-state index in [1.165, 1.54) is 12.0 Å². The normalized spacial score (nSPS) is 12.9. The molecular formula is C15H25NO. The van der Waals surface area contributed by atoms with Crippen LogP contribution in [-0.2, 0) is 11.3 Å². The van der Waals surface area contributed by atoms with Crippen LogP contribution in [0.25, 0.3) is 0 Å². The van der Waals surface area contributed by atoms with Crippen LogP contribution >= 0.6 is 0 Å². The fourth-order valence-electron chi connectivity index (χ4n) is 1.93. The first kappa shape index (κ1) is 14.2. The van der Waals surface area contributed by atoms with Gasteiger partial charge in [0, 0.05) is 12.6 Å². The van der Waals surface area contributed by atoms with Crippen molar-refractivity contribution in [1.82, 2.24) is 5.32 Å². The number of hydrogen-bond acceptors (Lipinski definition) is 2. The van der Waals surface area contributed by atoms with Crippen molar-refractivity contribution in [3.63, 3.8) is 0 Å². The summed E-state index contributed by atoms with van der Waals surface area (Å²) in [6.45, 7) is 9.16. The quantitative estimate of drug-likeness (QED) is 0.699. The molecule has 0 fully saturated rings. The van der Waals surface area contributed by atoms with Gasteiger partial charge in [-0.3, -0.25) is 0 Å². The molecule has 1 N–H and O–H groups in total. The molecule has 1 unspecified atom stereocenters. The number of ether oxygens (including phenoxy) is 1. The van der Waals surface area contributed by atoms with E-state index in [4.69, 9.17) is 4.74 Å². The fraction of sp³-hybridized carbons (Fsp3) is 0.600. The van der Waals surface area contributed by atoms with E-state index in [2.05, 4.69) is 38.2 Å². The minimum absolute atomic E-state index is 0.607. The Morgan fingerprint density at radius 3 is 2.47 bits per heavy atom. The third-order valence-corrected chi connectivity index (χ3v) is 3.01. The summed E-state index contributed by atoms with van der Waals surface area (Å²) in [6.07, 6.45) is 1.18. The zero-order chi connectivity index (χ0) is 12.5. The van der Waals surface area contributed by atoms with Gasteiger partial charge in [0.2, 0.25) is 0 Å². The fourth-order valence-corrected chi connectivity index (χ4v) is 1.93. The molecule has 96 valence electrons. The average molecular weight is 235 g/mol. The molecule has 0 heterocycles. The maximum absolute atomic E-state index is 5.63. The first-order valence-electron chi connectivity index (χ1n) is 6.59. The SMILES string of the molecule is CCC(NCCOCc1ccccc1)C(C)C. The van der Waals surface area contributed by atoms with Crippen molar-refractivity contribution in [3.05, 3.63) is 35.9 Å². The predicted molar refractivity (Wildman–Crippen MR) is 73.0 cm³/mol. The van der Waals surface area contributed by atoms with Crippen LogP contribution in [0.2, 0.25) is 0 Å². The van der Waals surface area contributed by atoms with Gasteiger partial charge in [0.05, 0.1) is 13.2 Å². The highest BCUT2D eigenvalue weighted by molar-refractivity contribution is 5.13. The maximum Gasteiger partial charge on any atom is 0.0717 e. The van der Waals surface area contributed by atoms with E-state index in [0.717, 1.165) is 13.2 Å². The van der Waals surface area contributed by atoms with E-state index in [1.54, 1.807) is 0 Å². The van der Waals surface area contributed by atoms with Crippen LogP contribution in [0.15, 0.2) is 30.3 Å². The van der Waals surface area contributed by atoms with Crippen LogP contribution in [0.1, 0.15) is 32.8 Å². The molecule has 0 amide bonds. The standard InChI is InChI=1S/C15H25NO/c1-4-15(13(2)3)16-10-11-17-12-14-8-6-5-7-9-14/h5-9,13,15-16H,4,10-12H2,1-3H3. The molecule has 0 spiro atoms. The lowest BCUT2D eigenvalue weighted by Gasteiger charge is -2.20. The van der Waals surface area contributed by atoms with Crippen LogP contribution < -0.4 is 5.32 Å². The monoisotopic (exact) mass is 235 g/mol. The first-order chi connectivity index (χ1) is 8.24. The van der Waals surface area contributed by atoms with Crippen LogP contribution in [-0.4, -0.2) is 19.2 Å². The Bertz CT molecular complexity index is 284. The van der Waals surface area contributed by atoms with Crippen molar-refractivity contribution < 1.29 is 4.74 Å². The molecule has 0 aliphatic heterocycles. The van der Waals surface area contributed by atoms with Gasteiger partial charge in [0.1, 0.15) is 0 Å². The number of rotatable bonds is 8. The van der Waals surface area contributed by atoms with Gasteiger partial charge < -0.3 is 10.1 Å². The minimum atomic E-state index is 0.607. The van der Waals surface area contributed by atoms with Crippen LogP contribution in [0.5, 0.6) is 0 Å². The summed E-state index contributed by atoms with van der Waals surface area (Å²) in [5.41, 5.74) is 1.24. The van der Waals surface area contributed by atoms with E-state index in [0.29, 0.717) is 18.6 Å². The second-order valence-electron chi connectivity index (χ2n) is 4.75. The Morgan fingerprint density at radius 2 is 1.88 bits per heavy atom. The van der Waals surface area contributed by atoms with Crippen molar-refractivity contribution in [1.29, 1.82) is 0 Å². The largest absolute Gasteiger partial charge is 0.375 e. The highest BCUT2D eigenvalue weighted by atomic mass is 16.5. The van der Waals surface area contributed by atoms with Gasteiger partial charge in [-0.1, -0.05) is 51.1 Å². The van der Waals surface area contributed by atoms with E-state index < -0.39 is 0 Å². The molecule has 2 nitrogen and oxygen atoms in total. The molecule has 1 aromatic carbocycles. The summed E-state index contributed by atoms with van der Waals surface area (Å²) < 4.78 is 5.63. The lowest BCUT2D eigenvalue weighted by molar-refractivity contribution is 0.119. The zero-order valence-electron chi connectivity index (χ0n) is 11.3. The Kier molecular flexibility index (Phi) is 6.90. The Morgan fingerprint density at radius 1 is 1.18 bits per heavy atom. The van der Waals surface area contributed by atoms with Crippen molar-refractivity contribution in [2.75, 3.05) is 13.2 Å². The number of hydrogen-bond donors (Lipinski definition) is 1. The van der Waals surface area contributed by atoms with E-state index >= 15 is 0 Å². The molecule has 1 atom stereocenters. The number of benzene rings is 1. The van der Waals surface area contributed by atoms with Gasteiger partial charge in [-0.15, -0.1) is 0 Å². The summed E-state index contributed by atoms with van der Waals surface area (Å²) in [4.78, 5) is 0. The third kappa shape index (κ3) is 5.85.